The highest BCUT2D eigenvalue weighted by Gasteiger charge is 2.49. The van der Waals surface area contributed by atoms with Gasteiger partial charge in [0.05, 0.1) is 25.9 Å². The minimum Gasteiger partial charge on any atom is -0.496 e. The summed E-state index contributed by atoms with van der Waals surface area (Å²) < 4.78 is 17.2. The van der Waals surface area contributed by atoms with E-state index in [4.69, 9.17) is 14.2 Å². The molecule has 0 amide bonds. The molecule has 1 N–H and O–H groups in total. The Kier molecular flexibility index (Phi) is 8.17. The van der Waals surface area contributed by atoms with Gasteiger partial charge in [-0.15, -0.1) is 0 Å². The number of hydrogen-bond donors (Lipinski definition) is 1. The summed E-state index contributed by atoms with van der Waals surface area (Å²) in [4.78, 5) is 40.8. The van der Waals surface area contributed by atoms with E-state index in [0.29, 0.717) is 34.7 Å². The van der Waals surface area contributed by atoms with Gasteiger partial charge in [-0.25, -0.2) is 4.79 Å². The van der Waals surface area contributed by atoms with E-state index >= 15 is 0 Å². The molecule has 0 saturated heterocycles. The molecule has 0 bridgehead atoms. The van der Waals surface area contributed by atoms with Crippen LogP contribution in [0.1, 0.15) is 50.2 Å². The van der Waals surface area contributed by atoms with Gasteiger partial charge in [-0.3, -0.25) is 9.59 Å². The summed E-state index contributed by atoms with van der Waals surface area (Å²) >= 11 is 3.51. The zero-order valence-electron chi connectivity index (χ0n) is 21.3. The van der Waals surface area contributed by atoms with E-state index in [1.54, 1.807) is 27.9 Å². The molecule has 8 heteroatoms. The SMILES string of the molecule is CCOC(=O)C1=C(C)NC2=C(C(=O)C(C(=O)OCC)C(c3ccccc3OC)C2)C1c1cccc(Br)c1. The number of dihydropyridines is 1. The number of rotatable bonds is 7. The van der Waals surface area contributed by atoms with Gasteiger partial charge >= 0.3 is 11.9 Å². The van der Waals surface area contributed by atoms with E-state index < -0.39 is 29.7 Å². The van der Waals surface area contributed by atoms with Crippen LogP contribution in [-0.2, 0) is 23.9 Å². The van der Waals surface area contributed by atoms with Crippen molar-refractivity contribution in [1.82, 2.24) is 5.32 Å². The number of para-hydroxylation sites is 1. The number of carbonyl (C=O) groups excluding carboxylic acids is 3. The molecule has 2 aromatic carbocycles. The third-order valence-electron chi connectivity index (χ3n) is 6.78. The summed E-state index contributed by atoms with van der Waals surface area (Å²) in [5, 5.41) is 3.31. The Morgan fingerprint density at radius 2 is 1.78 bits per heavy atom. The molecule has 3 atom stereocenters. The molecule has 2 aromatic rings. The van der Waals surface area contributed by atoms with Crippen molar-refractivity contribution in [3.8, 4) is 5.75 Å². The maximum absolute atomic E-state index is 14.3. The van der Waals surface area contributed by atoms with Crippen molar-refractivity contribution in [2.24, 2.45) is 5.92 Å². The molecule has 37 heavy (non-hydrogen) atoms. The van der Waals surface area contributed by atoms with Gasteiger partial charge in [0, 0.05) is 33.3 Å². The van der Waals surface area contributed by atoms with Crippen molar-refractivity contribution >= 4 is 33.7 Å². The second-order valence-electron chi connectivity index (χ2n) is 8.91. The number of Topliss-reactive ketones (excluding diaryl/α,β-unsaturated/α-hetero) is 1. The van der Waals surface area contributed by atoms with Crippen molar-refractivity contribution in [2.75, 3.05) is 20.3 Å². The second-order valence-corrected chi connectivity index (χ2v) is 9.83. The third-order valence-corrected chi connectivity index (χ3v) is 7.27. The lowest BCUT2D eigenvalue weighted by atomic mass is 9.67. The Hall–Kier alpha value is -3.39. The predicted octanol–water partition coefficient (Wildman–Crippen LogP) is 5.17. The highest BCUT2D eigenvalue weighted by atomic mass is 79.9. The number of nitrogens with one attached hydrogen (secondary N) is 1. The lowest BCUT2D eigenvalue weighted by Gasteiger charge is -2.39. The molecular formula is C29H30BrNO6. The molecule has 0 spiro atoms. The topological polar surface area (TPSA) is 90.9 Å². The fraction of sp³-hybridized carbons (Fsp3) is 0.345. The fourth-order valence-corrected chi connectivity index (χ4v) is 5.72. The number of ether oxygens (including phenoxy) is 3. The van der Waals surface area contributed by atoms with E-state index in [1.807, 2.05) is 48.5 Å². The van der Waals surface area contributed by atoms with E-state index in [0.717, 1.165) is 15.6 Å². The van der Waals surface area contributed by atoms with Gasteiger partial charge in [0.1, 0.15) is 11.7 Å². The number of allylic oxidation sites excluding steroid dienone is 3. The Labute approximate surface area is 225 Å². The summed E-state index contributed by atoms with van der Waals surface area (Å²) in [6.45, 7) is 5.60. The van der Waals surface area contributed by atoms with Crippen LogP contribution < -0.4 is 10.1 Å². The predicted molar refractivity (Wildman–Crippen MR) is 142 cm³/mol. The van der Waals surface area contributed by atoms with Crippen molar-refractivity contribution < 1.29 is 28.6 Å². The van der Waals surface area contributed by atoms with Crippen LogP contribution in [0.3, 0.4) is 0 Å². The fourth-order valence-electron chi connectivity index (χ4n) is 5.30. The Morgan fingerprint density at radius 1 is 1.05 bits per heavy atom. The average Bonchev–Trinajstić information content (AvgIpc) is 2.87. The lowest BCUT2D eigenvalue weighted by molar-refractivity contribution is -0.152. The van der Waals surface area contributed by atoms with Crippen LogP contribution in [0, 0.1) is 5.92 Å². The minimum atomic E-state index is -1.09. The second kappa shape index (κ2) is 11.3. The molecule has 4 rings (SSSR count). The number of benzene rings is 2. The van der Waals surface area contributed by atoms with Gasteiger partial charge in [-0.05, 0) is 56.5 Å². The third kappa shape index (κ3) is 5.07. The maximum atomic E-state index is 14.3. The monoisotopic (exact) mass is 567 g/mol. The van der Waals surface area contributed by atoms with Crippen LogP contribution in [0.4, 0.5) is 0 Å². The van der Waals surface area contributed by atoms with E-state index in [-0.39, 0.29) is 19.0 Å². The van der Waals surface area contributed by atoms with Crippen molar-refractivity contribution in [3.63, 3.8) is 0 Å². The number of ketones is 1. The maximum Gasteiger partial charge on any atom is 0.336 e. The first-order valence-electron chi connectivity index (χ1n) is 12.3. The van der Waals surface area contributed by atoms with Crippen LogP contribution in [0.5, 0.6) is 5.75 Å². The zero-order valence-corrected chi connectivity index (χ0v) is 22.9. The molecule has 0 fully saturated rings. The number of carbonyl (C=O) groups is 3. The van der Waals surface area contributed by atoms with E-state index in [9.17, 15) is 14.4 Å². The number of hydrogen-bond acceptors (Lipinski definition) is 7. The summed E-state index contributed by atoms with van der Waals surface area (Å²) in [5.74, 6) is -3.17. The summed E-state index contributed by atoms with van der Waals surface area (Å²) in [7, 11) is 1.56. The highest BCUT2D eigenvalue weighted by Crippen LogP contribution is 2.49. The van der Waals surface area contributed by atoms with Crippen LogP contribution in [0.2, 0.25) is 0 Å². The normalized spacial score (nSPS) is 21.2. The Bertz CT molecular complexity index is 1300. The van der Waals surface area contributed by atoms with Crippen molar-refractivity contribution in [3.05, 3.63) is 86.7 Å². The lowest BCUT2D eigenvalue weighted by Crippen LogP contribution is -2.43. The largest absolute Gasteiger partial charge is 0.496 e. The molecule has 0 aromatic heterocycles. The number of methoxy groups -OCH3 is 1. The number of esters is 2. The van der Waals surface area contributed by atoms with Gasteiger partial charge in [0.15, 0.2) is 5.78 Å². The first-order chi connectivity index (χ1) is 17.8. The van der Waals surface area contributed by atoms with Crippen LogP contribution in [0.15, 0.2) is 75.5 Å². The first-order valence-corrected chi connectivity index (χ1v) is 13.1. The molecule has 1 aliphatic heterocycles. The quantitative estimate of drug-likeness (QED) is 0.364. The Morgan fingerprint density at radius 3 is 2.46 bits per heavy atom. The van der Waals surface area contributed by atoms with Gasteiger partial charge in [-0.2, -0.15) is 0 Å². The molecule has 3 unspecified atom stereocenters. The van der Waals surface area contributed by atoms with Crippen LogP contribution in [-0.4, -0.2) is 38.0 Å². The standard InChI is InChI=1S/C29H30BrNO6/c1-5-36-28(33)23-16(3)31-21-15-20(19-12-7-8-13-22(19)35-4)25(29(34)37-6-2)27(32)26(21)24(23)17-10-9-11-18(30)14-17/h7-14,20,24-25,31H,5-6,15H2,1-4H3. The average molecular weight is 568 g/mol. The molecule has 1 aliphatic carbocycles. The highest BCUT2D eigenvalue weighted by molar-refractivity contribution is 9.10. The molecular weight excluding hydrogens is 538 g/mol. The molecule has 194 valence electrons. The Balaban J connectivity index is 1.92. The van der Waals surface area contributed by atoms with E-state index in [1.165, 1.54) is 0 Å². The molecule has 1 heterocycles. The van der Waals surface area contributed by atoms with Gasteiger partial charge < -0.3 is 19.5 Å². The van der Waals surface area contributed by atoms with Crippen molar-refractivity contribution in [1.29, 1.82) is 0 Å². The van der Waals surface area contributed by atoms with Crippen LogP contribution in [0.25, 0.3) is 0 Å². The van der Waals surface area contributed by atoms with Gasteiger partial charge in [0.25, 0.3) is 0 Å². The summed E-state index contributed by atoms with van der Waals surface area (Å²) in [5.41, 5.74) is 3.53. The van der Waals surface area contributed by atoms with Gasteiger partial charge in [-0.1, -0.05) is 46.3 Å². The van der Waals surface area contributed by atoms with Gasteiger partial charge in [0.2, 0.25) is 0 Å². The van der Waals surface area contributed by atoms with Crippen LogP contribution >= 0.6 is 15.9 Å². The van der Waals surface area contributed by atoms with E-state index in [2.05, 4.69) is 21.2 Å². The summed E-state index contributed by atoms with van der Waals surface area (Å²) in [6, 6.07) is 14.9. The summed E-state index contributed by atoms with van der Waals surface area (Å²) in [6.07, 6.45) is 0.364. The minimum absolute atomic E-state index is 0.146. The zero-order chi connectivity index (χ0) is 26.7. The molecule has 0 radical (unpaired) electrons. The molecule has 7 nitrogen and oxygen atoms in total. The number of halogens is 1. The van der Waals surface area contributed by atoms with Crippen molar-refractivity contribution in [2.45, 2.75) is 39.0 Å². The smallest absolute Gasteiger partial charge is 0.336 e. The first kappa shape index (κ1) is 26.7. The molecule has 2 aliphatic rings. The molecule has 0 saturated carbocycles.